The molecule has 0 amide bonds. The summed E-state index contributed by atoms with van der Waals surface area (Å²) in [6.07, 6.45) is 0.800. The molecule has 0 saturated heterocycles. The van der Waals surface area contributed by atoms with Crippen molar-refractivity contribution in [1.82, 2.24) is 5.32 Å². The second-order valence-corrected chi connectivity index (χ2v) is 4.82. The summed E-state index contributed by atoms with van der Waals surface area (Å²) in [5, 5.41) is 12.4. The zero-order valence-electron chi connectivity index (χ0n) is 13.1. The Balaban J connectivity index is 3.19. The molecule has 6 heteroatoms. The van der Waals surface area contributed by atoms with Crippen molar-refractivity contribution in [3.63, 3.8) is 0 Å². The van der Waals surface area contributed by atoms with E-state index in [1.165, 1.54) is 0 Å². The van der Waals surface area contributed by atoms with E-state index in [2.05, 4.69) is 19.2 Å². The van der Waals surface area contributed by atoms with Gasteiger partial charge in [0.05, 0.1) is 46.2 Å². The standard InChI is InChI=1S/C14H31NO5/c1-13(2)15-14(12-16)4-5-18-8-9-20-11-10-19-7-6-17-3/h13-16H,4-12H2,1-3H3. The molecule has 0 radical (unpaired) electrons. The van der Waals surface area contributed by atoms with Crippen molar-refractivity contribution in [1.29, 1.82) is 0 Å². The van der Waals surface area contributed by atoms with Crippen LogP contribution in [-0.4, -0.2) is 77.2 Å². The first-order valence-corrected chi connectivity index (χ1v) is 7.29. The Morgan fingerprint density at radius 2 is 1.35 bits per heavy atom. The topological polar surface area (TPSA) is 69.2 Å². The van der Waals surface area contributed by atoms with Crippen LogP contribution in [-0.2, 0) is 18.9 Å². The summed E-state index contributed by atoms with van der Waals surface area (Å²) in [6, 6.07) is 0.471. The van der Waals surface area contributed by atoms with Gasteiger partial charge in [0, 0.05) is 25.8 Å². The van der Waals surface area contributed by atoms with Crippen molar-refractivity contribution < 1.29 is 24.1 Å². The molecule has 6 nitrogen and oxygen atoms in total. The third-order valence-electron chi connectivity index (χ3n) is 2.58. The van der Waals surface area contributed by atoms with E-state index in [1.54, 1.807) is 7.11 Å². The second-order valence-electron chi connectivity index (χ2n) is 4.82. The van der Waals surface area contributed by atoms with Gasteiger partial charge in [0.1, 0.15) is 0 Å². The van der Waals surface area contributed by atoms with Crippen LogP contribution in [0.5, 0.6) is 0 Å². The van der Waals surface area contributed by atoms with Crippen LogP contribution in [0.25, 0.3) is 0 Å². The average molecular weight is 293 g/mol. The van der Waals surface area contributed by atoms with Crippen molar-refractivity contribution in [2.24, 2.45) is 0 Å². The predicted octanol–water partition coefficient (Wildman–Crippen LogP) is 0.432. The van der Waals surface area contributed by atoms with E-state index >= 15 is 0 Å². The van der Waals surface area contributed by atoms with E-state index in [9.17, 15) is 5.11 Å². The Kier molecular flexibility index (Phi) is 15.0. The van der Waals surface area contributed by atoms with Crippen LogP contribution < -0.4 is 5.32 Å². The molecule has 0 aromatic carbocycles. The maximum atomic E-state index is 9.17. The fraction of sp³-hybridized carbons (Fsp3) is 1.00. The molecule has 0 fully saturated rings. The second kappa shape index (κ2) is 15.2. The molecule has 0 rings (SSSR count). The molecule has 1 unspecified atom stereocenters. The van der Waals surface area contributed by atoms with Gasteiger partial charge >= 0.3 is 0 Å². The van der Waals surface area contributed by atoms with E-state index in [1.807, 2.05) is 0 Å². The fourth-order valence-electron chi connectivity index (χ4n) is 1.61. The zero-order chi connectivity index (χ0) is 15.1. The lowest BCUT2D eigenvalue weighted by Crippen LogP contribution is -2.38. The van der Waals surface area contributed by atoms with Crippen molar-refractivity contribution in [3.8, 4) is 0 Å². The first-order valence-electron chi connectivity index (χ1n) is 7.29. The molecule has 0 heterocycles. The monoisotopic (exact) mass is 293 g/mol. The Labute approximate surface area is 122 Å². The van der Waals surface area contributed by atoms with Gasteiger partial charge < -0.3 is 29.4 Å². The maximum Gasteiger partial charge on any atom is 0.0701 e. The van der Waals surface area contributed by atoms with Gasteiger partial charge in [0.15, 0.2) is 0 Å². The van der Waals surface area contributed by atoms with Crippen molar-refractivity contribution in [2.45, 2.75) is 32.4 Å². The number of hydrogen-bond acceptors (Lipinski definition) is 6. The highest BCUT2D eigenvalue weighted by Crippen LogP contribution is 1.94. The van der Waals surface area contributed by atoms with Crippen LogP contribution in [0.1, 0.15) is 20.3 Å². The van der Waals surface area contributed by atoms with E-state index in [4.69, 9.17) is 18.9 Å². The van der Waals surface area contributed by atoms with E-state index in [0.29, 0.717) is 52.3 Å². The third kappa shape index (κ3) is 14.2. The van der Waals surface area contributed by atoms with Gasteiger partial charge in [-0.1, -0.05) is 13.8 Å². The highest BCUT2D eigenvalue weighted by atomic mass is 16.6. The molecule has 0 aliphatic carbocycles. The molecule has 0 aliphatic rings. The average Bonchev–Trinajstić information content (AvgIpc) is 2.43. The molecule has 1 atom stereocenters. The molecular weight excluding hydrogens is 262 g/mol. The van der Waals surface area contributed by atoms with E-state index in [-0.39, 0.29) is 12.6 Å². The lowest BCUT2D eigenvalue weighted by atomic mass is 10.2. The van der Waals surface area contributed by atoms with E-state index < -0.39 is 0 Å². The Morgan fingerprint density at radius 1 is 0.850 bits per heavy atom. The molecule has 0 bridgehead atoms. The highest BCUT2D eigenvalue weighted by molar-refractivity contribution is 4.67. The van der Waals surface area contributed by atoms with Gasteiger partial charge in [-0.3, -0.25) is 0 Å². The quantitative estimate of drug-likeness (QED) is 0.427. The molecule has 2 N–H and O–H groups in total. The molecule has 0 spiro atoms. The molecule has 0 aromatic rings. The van der Waals surface area contributed by atoms with Gasteiger partial charge in [0.2, 0.25) is 0 Å². The van der Waals surface area contributed by atoms with Crippen molar-refractivity contribution >= 4 is 0 Å². The molecule has 122 valence electrons. The van der Waals surface area contributed by atoms with Crippen LogP contribution in [0.2, 0.25) is 0 Å². The minimum atomic E-state index is 0.102. The third-order valence-corrected chi connectivity index (χ3v) is 2.58. The summed E-state index contributed by atoms with van der Waals surface area (Å²) < 4.78 is 20.9. The molecule has 0 aliphatic heterocycles. The normalized spacial score (nSPS) is 13.1. The summed E-state index contributed by atoms with van der Waals surface area (Å²) in [4.78, 5) is 0. The van der Waals surface area contributed by atoms with E-state index in [0.717, 1.165) is 6.42 Å². The molecular formula is C14H31NO5. The summed E-state index contributed by atoms with van der Waals surface area (Å²) >= 11 is 0. The maximum absolute atomic E-state index is 9.17. The van der Waals surface area contributed by atoms with Crippen LogP contribution in [0.3, 0.4) is 0 Å². The van der Waals surface area contributed by atoms with Gasteiger partial charge in [-0.2, -0.15) is 0 Å². The Bertz CT molecular complexity index is 192. The number of ether oxygens (including phenoxy) is 4. The first-order chi connectivity index (χ1) is 9.70. The number of rotatable bonds is 15. The van der Waals surface area contributed by atoms with Gasteiger partial charge in [-0.15, -0.1) is 0 Å². The van der Waals surface area contributed by atoms with Gasteiger partial charge in [0.25, 0.3) is 0 Å². The number of nitrogens with one attached hydrogen (secondary N) is 1. The van der Waals surface area contributed by atoms with Gasteiger partial charge in [-0.25, -0.2) is 0 Å². The summed E-state index contributed by atoms with van der Waals surface area (Å²) in [5.41, 5.74) is 0. The predicted molar refractivity (Wildman–Crippen MR) is 78.1 cm³/mol. The van der Waals surface area contributed by atoms with Gasteiger partial charge in [-0.05, 0) is 6.42 Å². The fourth-order valence-corrected chi connectivity index (χ4v) is 1.61. The Morgan fingerprint density at radius 3 is 1.80 bits per heavy atom. The van der Waals surface area contributed by atoms with Crippen LogP contribution in [0.4, 0.5) is 0 Å². The van der Waals surface area contributed by atoms with Crippen molar-refractivity contribution in [2.75, 3.05) is 60.0 Å². The number of aliphatic hydroxyl groups is 1. The van der Waals surface area contributed by atoms with Crippen LogP contribution >= 0.6 is 0 Å². The SMILES string of the molecule is COCCOCCOCCOCCC(CO)NC(C)C. The minimum absolute atomic E-state index is 0.102. The first kappa shape index (κ1) is 19.8. The number of aliphatic hydroxyl groups excluding tert-OH is 1. The summed E-state index contributed by atoms with van der Waals surface area (Å²) in [6.45, 7) is 8.37. The zero-order valence-corrected chi connectivity index (χ0v) is 13.1. The Hall–Kier alpha value is -0.240. The smallest absolute Gasteiger partial charge is 0.0701 e. The molecule has 20 heavy (non-hydrogen) atoms. The molecule has 0 aromatic heterocycles. The summed E-state index contributed by atoms with van der Waals surface area (Å²) in [7, 11) is 1.65. The minimum Gasteiger partial charge on any atom is -0.395 e. The number of hydrogen-bond donors (Lipinski definition) is 2. The summed E-state index contributed by atoms with van der Waals surface area (Å²) in [5.74, 6) is 0. The highest BCUT2D eigenvalue weighted by Gasteiger charge is 2.07. The largest absolute Gasteiger partial charge is 0.395 e. The van der Waals surface area contributed by atoms with Crippen LogP contribution in [0, 0.1) is 0 Å². The van der Waals surface area contributed by atoms with Crippen LogP contribution in [0.15, 0.2) is 0 Å². The lowest BCUT2D eigenvalue weighted by molar-refractivity contribution is 0.00202. The lowest BCUT2D eigenvalue weighted by Gasteiger charge is -2.18. The number of methoxy groups -OCH3 is 1. The molecule has 0 saturated carbocycles. The van der Waals surface area contributed by atoms with Crippen molar-refractivity contribution in [3.05, 3.63) is 0 Å².